The smallest absolute Gasteiger partial charge is 0.172 e. The summed E-state index contributed by atoms with van der Waals surface area (Å²) in [5.74, 6) is 0. The summed E-state index contributed by atoms with van der Waals surface area (Å²) in [5.41, 5.74) is 6.73. The SMILES string of the molecule is Cc1ccccc1[P@]1(=O)c2ccc(-c3ccccc3)cc2-c2cccc(C)c21. The van der Waals surface area contributed by atoms with E-state index in [1.165, 1.54) is 5.56 Å². The number of benzene rings is 4. The van der Waals surface area contributed by atoms with Crippen molar-refractivity contribution in [2.75, 3.05) is 0 Å². The van der Waals surface area contributed by atoms with Gasteiger partial charge in [-0.3, -0.25) is 0 Å². The van der Waals surface area contributed by atoms with Gasteiger partial charge < -0.3 is 4.57 Å². The van der Waals surface area contributed by atoms with E-state index in [1.54, 1.807) is 0 Å². The molecular formula is C26H21OP. The first kappa shape index (κ1) is 17.2. The van der Waals surface area contributed by atoms with E-state index in [2.05, 4.69) is 80.6 Å². The van der Waals surface area contributed by atoms with Crippen molar-refractivity contribution in [3.63, 3.8) is 0 Å². The van der Waals surface area contributed by atoms with Crippen LogP contribution in [0.3, 0.4) is 0 Å². The maximum Gasteiger partial charge on any atom is 0.172 e. The first-order valence-electron chi connectivity index (χ1n) is 9.57. The number of hydrogen-bond acceptors (Lipinski definition) is 1. The van der Waals surface area contributed by atoms with Gasteiger partial charge in [0, 0.05) is 15.9 Å². The summed E-state index contributed by atoms with van der Waals surface area (Å²) in [6, 6.07) is 31.2. The zero-order valence-electron chi connectivity index (χ0n) is 16.0. The molecule has 4 aromatic rings. The summed E-state index contributed by atoms with van der Waals surface area (Å²) in [6.45, 7) is 4.14. The molecule has 0 amide bonds. The Kier molecular flexibility index (Phi) is 3.89. The topological polar surface area (TPSA) is 17.1 Å². The molecule has 4 aromatic carbocycles. The van der Waals surface area contributed by atoms with Gasteiger partial charge in [0.15, 0.2) is 7.14 Å². The normalized spacial score (nSPS) is 17.2. The molecule has 28 heavy (non-hydrogen) atoms. The highest BCUT2D eigenvalue weighted by atomic mass is 31.2. The van der Waals surface area contributed by atoms with Crippen LogP contribution >= 0.6 is 7.14 Å². The molecule has 2 heteroatoms. The van der Waals surface area contributed by atoms with E-state index in [-0.39, 0.29) is 0 Å². The Morgan fingerprint density at radius 1 is 0.571 bits per heavy atom. The lowest BCUT2D eigenvalue weighted by Crippen LogP contribution is -2.24. The molecule has 0 radical (unpaired) electrons. The second-order valence-corrected chi connectivity index (χ2v) is 10.1. The molecule has 0 saturated heterocycles. The fourth-order valence-corrected chi connectivity index (χ4v) is 7.94. The zero-order valence-corrected chi connectivity index (χ0v) is 16.9. The maximum absolute atomic E-state index is 14.7. The number of rotatable bonds is 2. The molecule has 5 rings (SSSR count). The molecule has 1 aliphatic heterocycles. The van der Waals surface area contributed by atoms with Gasteiger partial charge in [-0.25, -0.2) is 0 Å². The summed E-state index contributed by atoms with van der Waals surface area (Å²) >= 11 is 0. The minimum absolute atomic E-state index is 0.955. The van der Waals surface area contributed by atoms with Crippen LogP contribution in [-0.4, -0.2) is 0 Å². The first-order chi connectivity index (χ1) is 13.6. The fourth-order valence-electron chi connectivity index (χ4n) is 4.42. The standard InChI is InChI=1S/C26H21OP/c1-18-9-6-7-14-24(18)28(27)25-16-15-21(20-11-4-3-5-12-20)17-23(25)22-13-8-10-19(2)26(22)28/h3-17H,1-2H3/t28-/m0/s1. The molecule has 0 bridgehead atoms. The number of fused-ring (bicyclic) bond motifs is 3. The van der Waals surface area contributed by atoms with Gasteiger partial charge in [-0.15, -0.1) is 0 Å². The van der Waals surface area contributed by atoms with Gasteiger partial charge in [0.05, 0.1) is 0 Å². The summed E-state index contributed by atoms with van der Waals surface area (Å²) < 4.78 is 14.7. The molecule has 0 unspecified atom stereocenters. The molecule has 0 aromatic heterocycles. The van der Waals surface area contributed by atoms with E-state index >= 15 is 0 Å². The van der Waals surface area contributed by atoms with Gasteiger partial charge >= 0.3 is 0 Å². The van der Waals surface area contributed by atoms with Crippen LogP contribution in [0.4, 0.5) is 0 Å². The first-order valence-corrected chi connectivity index (χ1v) is 11.3. The highest BCUT2D eigenvalue weighted by Crippen LogP contribution is 2.54. The Morgan fingerprint density at radius 2 is 1.29 bits per heavy atom. The molecule has 1 atom stereocenters. The molecule has 1 aliphatic rings. The highest BCUT2D eigenvalue weighted by molar-refractivity contribution is 7.86. The second-order valence-electron chi connectivity index (χ2n) is 7.46. The average Bonchev–Trinajstić information content (AvgIpc) is 2.99. The minimum Gasteiger partial charge on any atom is -0.309 e. The van der Waals surface area contributed by atoms with Crippen LogP contribution in [0, 0.1) is 13.8 Å². The van der Waals surface area contributed by atoms with Crippen LogP contribution in [0.1, 0.15) is 11.1 Å². The van der Waals surface area contributed by atoms with E-state index in [4.69, 9.17) is 0 Å². The third kappa shape index (κ3) is 2.37. The lowest BCUT2D eigenvalue weighted by molar-refractivity contribution is 0.593. The molecule has 0 saturated carbocycles. The van der Waals surface area contributed by atoms with Crippen molar-refractivity contribution in [1.29, 1.82) is 0 Å². The largest absolute Gasteiger partial charge is 0.309 e. The highest BCUT2D eigenvalue weighted by Gasteiger charge is 2.42. The van der Waals surface area contributed by atoms with Gasteiger partial charge in [-0.1, -0.05) is 78.9 Å². The van der Waals surface area contributed by atoms with Gasteiger partial charge in [0.1, 0.15) is 0 Å². The monoisotopic (exact) mass is 380 g/mol. The van der Waals surface area contributed by atoms with E-state index in [0.29, 0.717) is 0 Å². The maximum atomic E-state index is 14.7. The van der Waals surface area contributed by atoms with E-state index in [0.717, 1.165) is 43.7 Å². The second kappa shape index (κ2) is 6.33. The fraction of sp³-hybridized carbons (Fsp3) is 0.0769. The third-order valence-electron chi connectivity index (χ3n) is 5.74. The van der Waals surface area contributed by atoms with Crippen LogP contribution in [0.5, 0.6) is 0 Å². The average molecular weight is 380 g/mol. The van der Waals surface area contributed by atoms with Crippen LogP contribution in [0.2, 0.25) is 0 Å². The predicted octanol–water partition coefficient (Wildman–Crippen LogP) is 5.59. The molecule has 0 N–H and O–H groups in total. The Hall–Kier alpha value is -2.89. The molecular weight excluding hydrogens is 359 g/mol. The predicted molar refractivity (Wildman–Crippen MR) is 120 cm³/mol. The summed E-state index contributed by atoms with van der Waals surface area (Å²) in [7, 11) is -2.89. The van der Waals surface area contributed by atoms with E-state index in [1.807, 2.05) is 24.3 Å². The van der Waals surface area contributed by atoms with Gasteiger partial charge in [-0.05, 0) is 59.4 Å². The van der Waals surface area contributed by atoms with Gasteiger partial charge in [0.2, 0.25) is 0 Å². The molecule has 1 nitrogen and oxygen atoms in total. The number of hydrogen-bond donors (Lipinski definition) is 0. The Bertz CT molecular complexity index is 1250. The summed E-state index contributed by atoms with van der Waals surface area (Å²) in [5, 5.41) is 2.92. The van der Waals surface area contributed by atoms with Crippen LogP contribution < -0.4 is 15.9 Å². The Morgan fingerprint density at radius 3 is 2.07 bits per heavy atom. The summed E-state index contributed by atoms with van der Waals surface area (Å²) in [4.78, 5) is 0. The van der Waals surface area contributed by atoms with Gasteiger partial charge in [0.25, 0.3) is 0 Å². The molecule has 136 valence electrons. The molecule has 1 heterocycles. The van der Waals surface area contributed by atoms with E-state index < -0.39 is 7.14 Å². The van der Waals surface area contributed by atoms with Crippen LogP contribution in [0.15, 0.2) is 91.0 Å². The lowest BCUT2D eigenvalue weighted by Gasteiger charge is -2.19. The molecule has 0 aliphatic carbocycles. The van der Waals surface area contributed by atoms with Crippen molar-refractivity contribution in [2.45, 2.75) is 13.8 Å². The van der Waals surface area contributed by atoms with Crippen molar-refractivity contribution in [3.05, 3.63) is 102 Å². The van der Waals surface area contributed by atoms with Crippen molar-refractivity contribution in [3.8, 4) is 22.3 Å². The lowest BCUT2D eigenvalue weighted by atomic mass is 9.98. The van der Waals surface area contributed by atoms with Gasteiger partial charge in [-0.2, -0.15) is 0 Å². The van der Waals surface area contributed by atoms with E-state index in [9.17, 15) is 4.57 Å². The van der Waals surface area contributed by atoms with Crippen LogP contribution in [-0.2, 0) is 4.57 Å². The third-order valence-corrected chi connectivity index (χ3v) is 9.21. The van der Waals surface area contributed by atoms with Crippen molar-refractivity contribution >= 4 is 23.1 Å². The number of aryl methyl sites for hydroxylation is 2. The molecule has 0 spiro atoms. The van der Waals surface area contributed by atoms with Crippen molar-refractivity contribution in [1.82, 2.24) is 0 Å². The van der Waals surface area contributed by atoms with Crippen molar-refractivity contribution < 1.29 is 4.57 Å². The van der Waals surface area contributed by atoms with Crippen LogP contribution in [0.25, 0.3) is 22.3 Å². The Balaban J connectivity index is 1.84. The van der Waals surface area contributed by atoms with Crippen molar-refractivity contribution in [2.24, 2.45) is 0 Å². The molecule has 0 fully saturated rings. The summed E-state index contributed by atoms with van der Waals surface area (Å²) in [6.07, 6.45) is 0. The quantitative estimate of drug-likeness (QED) is 0.365. The Labute approximate surface area is 166 Å². The zero-order chi connectivity index (χ0) is 19.3. The minimum atomic E-state index is -2.89.